The Kier molecular flexibility index (Phi) is 5.16. The second kappa shape index (κ2) is 7.90. The van der Waals surface area contributed by atoms with E-state index in [4.69, 9.17) is 4.98 Å². The highest BCUT2D eigenvalue weighted by atomic mass is 19.1. The zero-order valence-electron chi connectivity index (χ0n) is 15.2. The van der Waals surface area contributed by atoms with Gasteiger partial charge in [0.2, 0.25) is 0 Å². The summed E-state index contributed by atoms with van der Waals surface area (Å²) in [5, 5.41) is 9.56. The molecule has 0 amide bonds. The number of rotatable bonds is 4. The van der Waals surface area contributed by atoms with E-state index in [9.17, 15) is 13.9 Å². The summed E-state index contributed by atoms with van der Waals surface area (Å²) in [7, 11) is 0. The maximum atomic E-state index is 14.0. The van der Waals surface area contributed by atoms with Crippen molar-refractivity contribution < 1.29 is 13.9 Å². The van der Waals surface area contributed by atoms with Crippen molar-refractivity contribution in [1.82, 2.24) is 9.97 Å². The lowest BCUT2D eigenvalue weighted by Crippen LogP contribution is -2.47. The van der Waals surface area contributed by atoms with E-state index >= 15 is 0 Å². The second-order valence-electron chi connectivity index (χ2n) is 6.65. The van der Waals surface area contributed by atoms with Gasteiger partial charge in [0.05, 0.1) is 30.4 Å². The summed E-state index contributed by atoms with van der Waals surface area (Å²) >= 11 is 0. The molecule has 1 fully saturated rings. The monoisotopic (exact) mass is 382 g/mol. The summed E-state index contributed by atoms with van der Waals surface area (Å²) in [6, 6.07) is 11.2. The quantitative estimate of drug-likeness (QED) is 0.751. The van der Waals surface area contributed by atoms with E-state index < -0.39 is 11.6 Å². The molecule has 0 bridgehead atoms. The van der Waals surface area contributed by atoms with E-state index in [1.807, 2.05) is 29.2 Å². The number of benzene rings is 2. The van der Waals surface area contributed by atoms with Gasteiger partial charge in [-0.05, 0) is 17.7 Å². The third kappa shape index (κ3) is 3.66. The Balaban J connectivity index is 1.51. The van der Waals surface area contributed by atoms with Crippen LogP contribution < -0.4 is 9.80 Å². The molecule has 0 aliphatic carbocycles. The highest BCUT2D eigenvalue weighted by Gasteiger charge is 2.21. The molecule has 1 aliphatic heterocycles. The van der Waals surface area contributed by atoms with Crippen molar-refractivity contribution in [2.75, 3.05) is 36.0 Å². The summed E-state index contributed by atoms with van der Waals surface area (Å²) < 4.78 is 27.2. The number of anilines is 2. The van der Waals surface area contributed by atoms with Gasteiger partial charge in [0.25, 0.3) is 0 Å². The molecule has 5 nitrogen and oxygen atoms in total. The molecule has 1 saturated heterocycles. The molecule has 1 aromatic heterocycles. The Morgan fingerprint density at radius 3 is 2.43 bits per heavy atom. The fraction of sp³-hybridized carbons (Fsp3) is 0.238. The van der Waals surface area contributed by atoms with Gasteiger partial charge >= 0.3 is 0 Å². The zero-order valence-corrected chi connectivity index (χ0v) is 15.2. The second-order valence-corrected chi connectivity index (χ2v) is 6.65. The first-order valence-electron chi connectivity index (χ1n) is 9.12. The summed E-state index contributed by atoms with van der Waals surface area (Å²) in [5.41, 5.74) is 2.77. The Morgan fingerprint density at radius 1 is 0.929 bits per heavy atom. The molecule has 7 heteroatoms. The average molecular weight is 382 g/mol. The van der Waals surface area contributed by atoms with Crippen molar-refractivity contribution in [2.45, 2.75) is 6.61 Å². The molecule has 0 atom stereocenters. The number of hydrogen-bond donors (Lipinski definition) is 1. The van der Waals surface area contributed by atoms with Gasteiger partial charge in [-0.2, -0.15) is 0 Å². The van der Waals surface area contributed by atoms with Crippen LogP contribution in [0.15, 0.2) is 54.9 Å². The van der Waals surface area contributed by atoms with Crippen LogP contribution in [0.1, 0.15) is 5.56 Å². The number of piperazine rings is 1. The van der Waals surface area contributed by atoms with E-state index in [0.29, 0.717) is 37.6 Å². The van der Waals surface area contributed by atoms with Crippen LogP contribution in [0.25, 0.3) is 11.3 Å². The van der Waals surface area contributed by atoms with E-state index in [2.05, 4.69) is 9.88 Å². The molecule has 3 aromatic rings. The molecule has 0 radical (unpaired) electrons. The molecule has 144 valence electrons. The molecule has 28 heavy (non-hydrogen) atoms. The van der Waals surface area contributed by atoms with Gasteiger partial charge in [-0.15, -0.1) is 0 Å². The molecule has 0 spiro atoms. The van der Waals surface area contributed by atoms with Crippen LogP contribution in [-0.2, 0) is 6.61 Å². The molecular weight excluding hydrogens is 362 g/mol. The summed E-state index contributed by atoms with van der Waals surface area (Å²) in [5.74, 6) is -0.379. The SMILES string of the molecule is OCc1ccccc1-c1cncc(N2CCN(c3ccc(F)cc3F)CC2)n1. The summed E-state index contributed by atoms with van der Waals surface area (Å²) in [6.45, 7) is 2.43. The van der Waals surface area contributed by atoms with Gasteiger partial charge in [0.15, 0.2) is 0 Å². The molecule has 0 unspecified atom stereocenters. The minimum absolute atomic E-state index is 0.0655. The number of halogens is 2. The predicted octanol–water partition coefficient (Wildman–Crippen LogP) is 3.24. The highest BCUT2D eigenvalue weighted by Crippen LogP contribution is 2.25. The molecule has 0 saturated carbocycles. The van der Waals surface area contributed by atoms with Crippen LogP contribution in [-0.4, -0.2) is 41.3 Å². The van der Waals surface area contributed by atoms with Crippen LogP contribution >= 0.6 is 0 Å². The molecule has 1 aliphatic rings. The number of aliphatic hydroxyl groups excluding tert-OH is 1. The van der Waals surface area contributed by atoms with Gasteiger partial charge in [-0.25, -0.2) is 13.8 Å². The largest absolute Gasteiger partial charge is 0.392 e. The minimum Gasteiger partial charge on any atom is -0.392 e. The molecule has 2 aromatic carbocycles. The van der Waals surface area contributed by atoms with E-state index in [1.165, 1.54) is 12.1 Å². The first kappa shape index (κ1) is 18.3. The van der Waals surface area contributed by atoms with Gasteiger partial charge in [-0.1, -0.05) is 24.3 Å². The lowest BCUT2D eigenvalue weighted by atomic mass is 10.1. The van der Waals surface area contributed by atoms with Gasteiger partial charge in [0.1, 0.15) is 17.5 Å². The number of hydrogen-bond acceptors (Lipinski definition) is 5. The topological polar surface area (TPSA) is 52.5 Å². The van der Waals surface area contributed by atoms with Crippen molar-refractivity contribution in [2.24, 2.45) is 0 Å². The van der Waals surface area contributed by atoms with Crippen LogP contribution in [0.5, 0.6) is 0 Å². The highest BCUT2D eigenvalue weighted by molar-refractivity contribution is 5.64. The third-order valence-electron chi connectivity index (χ3n) is 4.94. The third-order valence-corrected chi connectivity index (χ3v) is 4.94. The minimum atomic E-state index is -0.574. The number of aromatic nitrogens is 2. The van der Waals surface area contributed by atoms with Gasteiger partial charge < -0.3 is 14.9 Å². The number of nitrogens with zero attached hydrogens (tertiary/aromatic N) is 4. The van der Waals surface area contributed by atoms with Gasteiger partial charge in [0, 0.05) is 37.8 Å². The maximum Gasteiger partial charge on any atom is 0.149 e. The predicted molar refractivity (Wildman–Crippen MR) is 104 cm³/mol. The molecular formula is C21H20F2N4O. The summed E-state index contributed by atoms with van der Waals surface area (Å²) in [4.78, 5) is 13.0. The molecule has 2 heterocycles. The van der Waals surface area contributed by atoms with Crippen molar-refractivity contribution in [3.05, 3.63) is 72.1 Å². The normalized spacial score (nSPS) is 14.4. The van der Waals surface area contributed by atoms with Gasteiger partial charge in [-0.3, -0.25) is 4.98 Å². The van der Waals surface area contributed by atoms with Crippen LogP contribution in [0.3, 0.4) is 0 Å². The Hall–Kier alpha value is -3.06. The van der Waals surface area contributed by atoms with Crippen molar-refractivity contribution in [3.63, 3.8) is 0 Å². The van der Waals surface area contributed by atoms with Crippen molar-refractivity contribution in [3.8, 4) is 11.3 Å². The van der Waals surface area contributed by atoms with E-state index in [-0.39, 0.29) is 6.61 Å². The smallest absolute Gasteiger partial charge is 0.149 e. The lowest BCUT2D eigenvalue weighted by molar-refractivity contribution is 0.282. The molecule has 4 rings (SSSR count). The maximum absolute atomic E-state index is 14.0. The van der Waals surface area contributed by atoms with E-state index in [1.54, 1.807) is 12.4 Å². The fourth-order valence-corrected chi connectivity index (χ4v) is 3.46. The first-order valence-corrected chi connectivity index (χ1v) is 9.12. The fourth-order valence-electron chi connectivity index (χ4n) is 3.46. The van der Waals surface area contributed by atoms with E-state index in [0.717, 1.165) is 23.0 Å². The Labute approximate surface area is 161 Å². The van der Waals surface area contributed by atoms with Crippen molar-refractivity contribution >= 4 is 11.5 Å². The lowest BCUT2D eigenvalue weighted by Gasteiger charge is -2.36. The van der Waals surface area contributed by atoms with Crippen LogP contribution in [0.4, 0.5) is 20.3 Å². The van der Waals surface area contributed by atoms with Crippen LogP contribution in [0.2, 0.25) is 0 Å². The first-order chi connectivity index (χ1) is 13.7. The number of aliphatic hydroxyl groups is 1. The van der Waals surface area contributed by atoms with Crippen LogP contribution in [0, 0.1) is 11.6 Å². The summed E-state index contributed by atoms with van der Waals surface area (Å²) in [6.07, 6.45) is 3.39. The Morgan fingerprint density at radius 2 is 1.68 bits per heavy atom. The standard InChI is InChI=1S/C21H20F2N4O/c22-16-5-6-20(18(23)11-16)26-7-9-27(10-8-26)21-13-24-12-19(25-21)17-4-2-1-3-15(17)14-28/h1-6,11-13,28H,7-10,14H2. The molecule has 1 N–H and O–H groups in total. The zero-order chi connectivity index (χ0) is 19.5. The Bertz CT molecular complexity index is 974. The van der Waals surface area contributed by atoms with Crippen molar-refractivity contribution in [1.29, 1.82) is 0 Å². The average Bonchev–Trinajstić information content (AvgIpc) is 2.74.